The van der Waals surface area contributed by atoms with Gasteiger partial charge in [-0.3, -0.25) is 13.9 Å². The number of hydrogen-bond acceptors (Lipinski definition) is 8. The standard InChI is InChI=1S/C23H18N4O2S4/c1-14-24-15(12-31-14)13-32-22-25-20-19(21(28)27(22)16-7-4-3-5-8-16)33-23(30)26(20)17-9-6-10-18(11-17)29-2/h3-12H,13H2,1-2H3. The summed E-state index contributed by atoms with van der Waals surface area (Å²) in [4.78, 5) is 23.2. The van der Waals surface area contributed by atoms with E-state index in [1.165, 1.54) is 23.1 Å². The largest absolute Gasteiger partial charge is 0.497 e. The molecule has 0 saturated heterocycles. The molecule has 0 aliphatic rings. The van der Waals surface area contributed by atoms with Crippen molar-refractivity contribution in [3.05, 3.63) is 85.0 Å². The molecule has 0 spiro atoms. The molecule has 0 aliphatic carbocycles. The van der Waals surface area contributed by atoms with Gasteiger partial charge in [0.05, 0.1) is 29.2 Å². The van der Waals surface area contributed by atoms with Crippen LogP contribution in [-0.4, -0.2) is 26.2 Å². The number of para-hydroxylation sites is 1. The van der Waals surface area contributed by atoms with E-state index in [1.807, 2.05) is 71.5 Å². The van der Waals surface area contributed by atoms with Gasteiger partial charge < -0.3 is 4.74 Å². The summed E-state index contributed by atoms with van der Waals surface area (Å²) >= 11 is 10.0. The minimum atomic E-state index is -0.138. The van der Waals surface area contributed by atoms with E-state index in [2.05, 4.69) is 4.98 Å². The molecule has 10 heteroatoms. The number of fused-ring (bicyclic) bond motifs is 1. The van der Waals surface area contributed by atoms with Gasteiger partial charge in [0.15, 0.2) is 14.8 Å². The van der Waals surface area contributed by atoms with Gasteiger partial charge in [-0.05, 0) is 43.4 Å². The highest BCUT2D eigenvalue weighted by Gasteiger charge is 2.19. The Labute approximate surface area is 207 Å². The predicted octanol–water partition coefficient (Wildman–Crippen LogP) is 6.03. The van der Waals surface area contributed by atoms with Crippen LogP contribution in [-0.2, 0) is 5.75 Å². The molecule has 5 rings (SSSR count). The van der Waals surface area contributed by atoms with Crippen LogP contribution in [0.15, 0.2) is 69.9 Å². The maximum absolute atomic E-state index is 13.7. The van der Waals surface area contributed by atoms with Gasteiger partial charge in [-0.2, -0.15) is 0 Å². The maximum atomic E-state index is 13.7. The number of rotatable bonds is 6. The third-order valence-corrected chi connectivity index (χ3v) is 8.06. The van der Waals surface area contributed by atoms with Crippen molar-refractivity contribution >= 4 is 57.0 Å². The number of thioether (sulfide) groups is 1. The normalized spacial score (nSPS) is 11.2. The van der Waals surface area contributed by atoms with E-state index < -0.39 is 0 Å². The van der Waals surface area contributed by atoms with Gasteiger partial charge in [-0.15, -0.1) is 11.3 Å². The van der Waals surface area contributed by atoms with Crippen LogP contribution in [0.4, 0.5) is 0 Å². The van der Waals surface area contributed by atoms with E-state index in [9.17, 15) is 4.79 Å². The van der Waals surface area contributed by atoms with Crippen LogP contribution in [0.1, 0.15) is 10.7 Å². The molecule has 0 N–H and O–H groups in total. The van der Waals surface area contributed by atoms with Gasteiger partial charge >= 0.3 is 0 Å². The van der Waals surface area contributed by atoms with Gasteiger partial charge in [-0.1, -0.05) is 47.4 Å². The van der Waals surface area contributed by atoms with Crippen molar-refractivity contribution in [2.24, 2.45) is 0 Å². The molecule has 5 aromatic rings. The molecular weight excluding hydrogens is 493 g/mol. The second kappa shape index (κ2) is 9.22. The molecule has 6 nitrogen and oxygen atoms in total. The topological polar surface area (TPSA) is 61.9 Å². The first kappa shape index (κ1) is 22.0. The maximum Gasteiger partial charge on any atom is 0.278 e. The molecule has 33 heavy (non-hydrogen) atoms. The summed E-state index contributed by atoms with van der Waals surface area (Å²) in [5.74, 6) is 1.32. The van der Waals surface area contributed by atoms with Crippen molar-refractivity contribution in [1.29, 1.82) is 0 Å². The minimum Gasteiger partial charge on any atom is -0.497 e. The molecule has 0 atom stereocenters. The number of thiazole rings is 2. The number of methoxy groups -OCH3 is 1. The third-order valence-electron chi connectivity index (χ3n) is 4.92. The van der Waals surface area contributed by atoms with Crippen molar-refractivity contribution in [2.75, 3.05) is 7.11 Å². The average molecular weight is 511 g/mol. The molecule has 166 valence electrons. The van der Waals surface area contributed by atoms with E-state index in [4.69, 9.17) is 21.9 Å². The number of hydrogen-bond donors (Lipinski definition) is 0. The molecule has 0 aliphatic heterocycles. The van der Waals surface area contributed by atoms with Gasteiger partial charge in [-0.25, -0.2) is 9.97 Å². The third kappa shape index (κ3) is 4.26. The van der Waals surface area contributed by atoms with Crippen molar-refractivity contribution in [1.82, 2.24) is 19.1 Å². The van der Waals surface area contributed by atoms with Gasteiger partial charge in [0.25, 0.3) is 5.56 Å². The minimum absolute atomic E-state index is 0.138. The Balaban J connectivity index is 1.72. The Hall–Kier alpha value is -2.79. The Kier molecular flexibility index (Phi) is 6.15. The molecular formula is C23H18N4O2S4. The number of aromatic nitrogens is 4. The van der Waals surface area contributed by atoms with Crippen molar-refractivity contribution in [3.63, 3.8) is 0 Å². The van der Waals surface area contributed by atoms with Crippen molar-refractivity contribution < 1.29 is 4.74 Å². The molecule has 0 unspecified atom stereocenters. The van der Waals surface area contributed by atoms with Gasteiger partial charge in [0, 0.05) is 17.2 Å². The lowest BCUT2D eigenvalue weighted by atomic mass is 10.3. The quantitative estimate of drug-likeness (QED) is 0.158. The van der Waals surface area contributed by atoms with Crippen LogP contribution in [0.3, 0.4) is 0 Å². The first-order chi connectivity index (χ1) is 16.0. The van der Waals surface area contributed by atoms with Crippen LogP contribution in [0.2, 0.25) is 0 Å². The van der Waals surface area contributed by atoms with Crippen molar-refractivity contribution in [3.8, 4) is 17.1 Å². The van der Waals surface area contributed by atoms with Crippen LogP contribution >= 0.6 is 46.7 Å². The smallest absolute Gasteiger partial charge is 0.278 e. The Morgan fingerprint density at radius 2 is 1.85 bits per heavy atom. The zero-order valence-electron chi connectivity index (χ0n) is 17.7. The monoisotopic (exact) mass is 510 g/mol. The molecule has 0 bridgehead atoms. The SMILES string of the molecule is COc1cccc(-n2c(=S)sc3c(=O)n(-c4ccccc4)c(SCc4csc(C)n4)nc32)c1. The summed E-state index contributed by atoms with van der Waals surface area (Å²) in [6.07, 6.45) is 0. The fourth-order valence-corrected chi connectivity index (χ4v) is 6.35. The molecule has 0 fully saturated rings. The summed E-state index contributed by atoms with van der Waals surface area (Å²) in [6, 6.07) is 17.1. The van der Waals surface area contributed by atoms with Crippen LogP contribution in [0.25, 0.3) is 21.7 Å². The first-order valence-corrected chi connectivity index (χ1v) is 13.1. The molecule has 2 aromatic carbocycles. The zero-order chi connectivity index (χ0) is 22.9. The van der Waals surface area contributed by atoms with E-state index in [1.54, 1.807) is 23.0 Å². The first-order valence-electron chi connectivity index (χ1n) is 9.97. The average Bonchev–Trinajstić information content (AvgIpc) is 3.40. The lowest BCUT2D eigenvalue weighted by molar-refractivity contribution is 0.414. The zero-order valence-corrected chi connectivity index (χ0v) is 21.0. The van der Waals surface area contributed by atoms with E-state index in [0.29, 0.717) is 31.0 Å². The Morgan fingerprint density at radius 1 is 1.06 bits per heavy atom. The number of nitrogens with zero attached hydrogens (tertiary/aromatic N) is 4. The lowest BCUT2D eigenvalue weighted by Crippen LogP contribution is -2.21. The molecule has 0 amide bonds. The Morgan fingerprint density at radius 3 is 2.58 bits per heavy atom. The van der Waals surface area contributed by atoms with Crippen LogP contribution < -0.4 is 10.3 Å². The predicted molar refractivity (Wildman–Crippen MR) is 138 cm³/mol. The van der Waals surface area contributed by atoms with E-state index in [0.717, 1.165) is 22.1 Å². The van der Waals surface area contributed by atoms with Crippen molar-refractivity contribution in [2.45, 2.75) is 17.8 Å². The molecule has 3 heterocycles. The fraction of sp³-hybridized carbons (Fsp3) is 0.130. The lowest BCUT2D eigenvalue weighted by Gasteiger charge is -2.13. The number of benzene rings is 2. The van der Waals surface area contributed by atoms with Crippen LogP contribution in [0.5, 0.6) is 5.75 Å². The number of aryl methyl sites for hydroxylation is 1. The van der Waals surface area contributed by atoms with E-state index in [-0.39, 0.29) is 5.56 Å². The second-order valence-electron chi connectivity index (χ2n) is 7.07. The molecule has 0 saturated carbocycles. The summed E-state index contributed by atoms with van der Waals surface area (Å²) < 4.78 is 9.95. The summed E-state index contributed by atoms with van der Waals surface area (Å²) in [6.45, 7) is 1.98. The highest BCUT2D eigenvalue weighted by atomic mass is 32.2. The molecule has 0 radical (unpaired) electrons. The van der Waals surface area contributed by atoms with Gasteiger partial charge in [0.1, 0.15) is 10.4 Å². The van der Waals surface area contributed by atoms with Crippen LogP contribution in [0, 0.1) is 10.9 Å². The number of ether oxygens (including phenoxy) is 1. The highest BCUT2D eigenvalue weighted by molar-refractivity contribution is 7.98. The van der Waals surface area contributed by atoms with E-state index >= 15 is 0 Å². The Bertz CT molecular complexity index is 1570. The molecule has 3 aromatic heterocycles. The highest BCUT2D eigenvalue weighted by Crippen LogP contribution is 2.30. The summed E-state index contributed by atoms with van der Waals surface area (Å²) in [7, 11) is 1.62. The summed E-state index contributed by atoms with van der Waals surface area (Å²) in [5, 5.41) is 3.64. The fourth-order valence-electron chi connectivity index (χ4n) is 3.43. The second-order valence-corrected chi connectivity index (χ2v) is 10.7. The summed E-state index contributed by atoms with van der Waals surface area (Å²) in [5.41, 5.74) is 2.95. The van der Waals surface area contributed by atoms with Gasteiger partial charge in [0.2, 0.25) is 0 Å².